The molecule has 0 fully saturated rings. The number of hydrogen-bond donors (Lipinski definition) is 2. The number of nitrogens with zero attached hydrogens (tertiary/aromatic N) is 1. The summed E-state index contributed by atoms with van der Waals surface area (Å²) in [5, 5.41) is 14.1. The molecular weight excluding hydrogens is 288 g/mol. The van der Waals surface area contributed by atoms with Crippen LogP contribution in [0.25, 0.3) is 0 Å². The molecule has 0 aromatic heterocycles. The Kier molecular flexibility index (Phi) is 5.35. The zero-order valence-corrected chi connectivity index (χ0v) is 12.0. The van der Waals surface area contributed by atoms with Crippen LogP contribution in [0.3, 0.4) is 0 Å². The van der Waals surface area contributed by atoms with Gasteiger partial charge in [0.05, 0.1) is 6.21 Å². The molecule has 0 radical (unpaired) electrons. The third-order valence-corrected chi connectivity index (χ3v) is 3.14. The predicted octanol–water partition coefficient (Wildman–Crippen LogP) is 3.13. The highest BCUT2D eigenvalue weighted by molar-refractivity contribution is 6.30. The van der Waals surface area contributed by atoms with Gasteiger partial charge in [-0.15, -0.1) is 0 Å². The molecule has 21 heavy (non-hydrogen) atoms. The van der Waals surface area contributed by atoms with Gasteiger partial charge in [-0.25, -0.2) is 5.43 Å². The Morgan fingerprint density at radius 3 is 2.62 bits per heavy atom. The van der Waals surface area contributed by atoms with E-state index in [1.807, 2.05) is 6.07 Å². The van der Waals surface area contributed by atoms with E-state index in [9.17, 15) is 9.90 Å². The second kappa shape index (κ2) is 7.45. The van der Waals surface area contributed by atoms with Crippen LogP contribution in [0.2, 0.25) is 5.02 Å². The van der Waals surface area contributed by atoms with Gasteiger partial charge in [-0.2, -0.15) is 5.10 Å². The second-order valence-electron chi connectivity index (χ2n) is 4.47. The van der Waals surface area contributed by atoms with Gasteiger partial charge >= 0.3 is 0 Å². The summed E-state index contributed by atoms with van der Waals surface area (Å²) in [6.45, 7) is 0. The van der Waals surface area contributed by atoms with Crippen LogP contribution in [0.5, 0.6) is 5.75 Å². The van der Waals surface area contributed by atoms with Gasteiger partial charge in [0.15, 0.2) is 0 Å². The fourth-order valence-electron chi connectivity index (χ4n) is 1.75. The van der Waals surface area contributed by atoms with Crippen molar-refractivity contribution in [2.75, 3.05) is 0 Å². The SMILES string of the molecule is O=C(CCc1ccccc1O)N/N=C\c1ccc(Cl)cc1. The number of phenolic OH excluding ortho intramolecular Hbond substituents is 1. The second-order valence-corrected chi connectivity index (χ2v) is 4.91. The average Bonchev–Trinajstić information content (AvgIpc) is 2.48. The van der Waals surface area contributed by atoms with E-state index in [1.165, 1.54) is 0 Å². The van der Waals surface area contributed by atoms with Crippen LogP contribution >= 0.6 is 11.6 Å². The van der Waals surface area contributed by atoms with Crippen molar-refractivity contribution >= 4 is 23.7 Å². The monoisotopic (exact) mass is 302 g/mol. The number of carbonyl (C=O) groups excluding carboxylic acids is 1. The van der Waals surface area contributed by atoms with Gasteiger partial charge in [-0.3, -0.25) is 4.79 Å². The summed E-state index contributed by atoms with van der Waals surface area (Å²) in [6.07, 6.45) is 2.28. The van der Waals surface area contributed by atoms with Crippen LogP contribution in [0, 0.1) is 0 Å². The summed E-state index contributed by atoms with van der Waals surface area (Å²) in [7, 11) is 0. The quantitative estimate of drug-likeness (QED) is 0.658. The van der Waals surface area contributed by atoms with E-state index in [-0.39, 0.29) is 18.1 Å². The Hall–Kier alpha value is -2.33. The van der Waals surface area contributed by atoms with E-state index in [4.69, 9.17) is 11.6 Å². The van der Waals surface area contributed by atoms with Crippen molar-refractivity contribution in [2.24, 2.45) is 5.10 Å². The topological polar surface area (TPSA) is 61.7 Å². The maximum atomic E-state index is 11.6. The molecule has 0 atom stereocenters. The standard InChI is InChI=1S/C16H15ClN2O2/c17-14-8-5-12(6-9-14)11-18-19-16(21)10-7-13-3-1-2-4-15(13)20/h1-6,8-9,11,20H,7,10H2,(H,19,21)/b18-11-. The molecule has 108 valence electrons. The molecule has 0 spiro atoms. The van der Waals surface area contributed by atoms with Gasteiger partial charge in [0, 0.05) is 11.4 Å². The van der Waals surface area contributed by atoms with Crippen LogP contribution in [-0.2, 0) is 11.2 Å². The Balaban J connectivity index is 1.80. The molecule has 2 aromatic rings. The summed E-state index contributed by atoms with van der Waals surface area (Å²) >= 11 is 5.77. The van der Waals surface area contributed by atoms with Gasteiger partial charge in [0.2, 0.25) is 5.91 Å². The normalized spacial score (nSPS) is 10.7. The predicted molar refractivity (Wildman–Crippen MR) is 83.6 cm³/mol. The molecule has 4 nitrogen and oxygen atoms in total. The molecule has 2 N–H and O–H groups in total. The van der Waals surface area contributed by atoms with E-state index in [0.29, 0.717) is 11.4 Å². The van der Waals surface area contributed by atoms with E-state index in [1.54, 1.807) is 48.7 Å². The Bertz CT molecular complexity index is 639. The molecule has 2 aromatic carbocycles. The van der Waals surface area contributed by atoms with E-state index in [2.05, 4.69) is 10.5 Å². The zero-order chi connectivity index (χ0) is 15.1. The molecule has 1 amide bonds. The van der Waals surface area contributed by atoms with Gasteiger partial charge in [-0.05, 0) is 35.7 Å². The maximum Gasteiger partial charge on any atom is 0.240 e. The zero-order valence-electron chi connectivity index (χ0n) is 11.3. The molecule has 5 heteroatoms. The number of hydrazone groups is 1. The fourth-order valence-corrected chi connectivity index (χ4v) is 1.88. The summed E-state index contributed by atoms with van der Waals surface area (Å²) in [6, 6.07) is 14.1. The molecule has 0 aliphatic carbocycles. The Morgan fingerprint density at radius 2 is 1.90 bits per heavy atom. The Morgan fingerprint density at radius 1 is 1.19 bits per heavy atom. The molecule has 0 unspecified atom stereocenters. The number of rotatable bonds is 5. The number of benzene rings is 2. The summed E-state index contributed by atoms with van der Waals surface area (Å²) in [5.74, 6) is -0.00145. The molecular formula is C16H15ClN2O2. The molecule has 0 heterocycles. The highest BCUT2D eigenvalue weighted by atomic mass is 35.5. The molecule has 0 saturated heterocycles. The van der Waals surface area contributed by atoms with Gasteiger partial charge in [0.25, 0.3) is 0 Å². The minimum absolute atomic E-state index is 0.204. The fraction of sp³-hybridized carbons (Fsp3) is 0.125. The van der Waals surface area contributed by atoms with Crippen molar-refractivity contribution < 1.29 is 9.90 Å². The number of aromatic hydroxyl groups is 1. The average molecular weight is 303 g/mol. The van der Waals surface area contributed by atoms with E-state index in [0.717, 1.165) is 11.1 Å². The van der Waals surface area contributed by atoms with Gasteiger partial charge < -0.3 is 5.11 Å². The molecule has 2 rings (SSSR count). The van der Waals surface area contributed by atoms with Crippen molar-refractivity contribution in [1.29, 1.82) is 0 Å². The summed E-state index contributed by atoms with van der Waals surface area (Å²) in [5.41, 5.74) is 4.04. The highest BCUT2D eigenvalue weighted by Gasteiger charge is 2.04. The third kappa shape index (κ3) is 4.93. The first kappa shape index (κ1) is 15.1. The largest absolute Gasteiger partial charge is 0.508 e. The lowest BCUT2D eigenvalue weighted by Crippen LogP contribution is -2.17. The van der Waals surface area contributed by atoms with Crippen molar-refractivity contribution in [2.45, 2.75) is 12.8 Å². The lowest BCUT2D eigenvalue weighted by Gasteiger charge is -2.03. The van der Waals surface area contributed by atoms with Crippen molar-refractivity contribution in [3.05, 3.63) is 64.7 Å². The van der Waals surface area contributed by atoms with Crippen LogP contribution < -0.4 is 5.43 Å². The molecule has 0 aliphatic heterocycles. The minimum atomic E-state index is -0.205. The number of hydrogen-bond acceptors (Lipinski definition) is 3. The molecule has 0 aliphatic rings. The number of aryl methyl sites for hydroxylation is 1. The summed E-state index contributed by atoms with van der Waals surface area (Å²) < 4.78 is 0. The van der Waals surface area contributed by atoms with Crippen molar-refractivity contribution in [3.63, 3.8) is 0 Å². The first-order valence-corrected chi connectivity index (χ1v) is 6.87. The highest BCUT2D eigenvalue weighted by Crippen LogP contribution is 2.16. The van der Waals surface area contributed by atoms with E-state index < -0.39 is 0 Å². The maximum absolute atomic E-state index is 11.6. The molecule has 0 saturated carbocycles. The number of para-hydroxylation sites is 1. The van der Waals surface area contributed by atoms with Gasteiger partial charge in [0.1, 0.15) is 5.75 Å². The minimum Gasteiger partial charge on any atom is -0.508 e. The number of carbonyl (C=O) groups is 1. The lowest BCUT2D eigenvalue weighted by molar-refractivity contribution is -0.121. The smallest absolute Gasteiger partial charge is 0.240 e. The first-order chi connectivity index (χ1) is 10.1. The molecule has 0 bridgehead atoms. The van der Waals surface area contributed by atoms with Crippen LogP contribution in [0.1, 0.15) is 17.5 Å². The number of phenols is 1. The van der Waals surface area contributed by atoms with Crippen molar-refractivity contribution in [3.8, 4) is 5.75 Å². The van der Waals surface area contributed by atoms with Crippen molar-refractivity contribution in [1.82, 2.24) is 5.43 Å². The number of nitrogens with one attached hydrogen (secondary N) is 1. The van der Waals surface area contributed by atoms with Crippen LogP contribution in [0.15, 0.2) is 53.6 Å². The first-order valence-electron chi connectivity index (χ1n) is 6.49. The van der Waals surface area contributed by atoms with Gasteiger partial charge in [-0.1, -0.05) is 41.9 Å². The number of amides is 1. The van der Waals surface area contributed by atoms with Crippen LogP contribution in [-0.4, -0.2) is 17.2 Å². The summed E-state index contributed by atoms with van der Waals surface area (Å²) in [4.78, 5) is 11.6. The number of halogens is 1. The third-order valence-electron chi connectivity index (χ3n) is 2.89. The lowest BCUT2D eigenvalue weighted by atomic mass is 10.1. The van der Waals surface area contributed by atoms with Crippen LogP contribution in [0.4, 0.5) is 0 Å². The van der Waals surface area contributed by atoms with E-state index >= 15 is 0 Å². The Labute approximate surface area is 128 Å².